The Hall–Kier alpha value is -2.96. The number of carbonyl (C=O) groups excluding carboxylic acids is 2. The second-order valence-electron chi connectivity index (χ2n) is 4.87. The quantitative estimate of drug-likeness (QED) is 0.865. The van der Waals surface area contributed by atoms with Crippen molar-refractivity contribution in [2.75, 3.05) is 13.6 Å². The number of hydrogen-bond acceptors (Lipinski definition) is 4. The molecule has 0 bridgehead atoms. The lowest BCUT2D eigenvalue weighted by Crippen LogP contribution is -2.38. The normalized spacial score (nSPS) is 10.3. The SMILES string of the molecule is Cc1cc(=O)c(C(=O)N(C)CC(N)=O)nn1-c1ccccc1. The zero-order valence-corrected chi connectivity index (χ0v) is 12.3. The first-order valence-corrected chi connectivity index (χ1v) is 6.60. The first kappa shape index (κ1) is 15.4. The zero-order chi connectivity index (χ0) is 16.3. The van der Waals surface area contributed by atoms with Crippen LogP contribution in [0.4, 0.5) is 0 Å². The molecule has 7 nitrogen and oxygen atoms in total. The number of nitrogens with two attached hydrogens (primary N) is 1. The van der Waals surface area contributed by atoms with E-state index in [1.807, 2.05) is 30.3 Å². The van der Waals surface area contributed by atoms with Crippen LogP contribution < -0.4 is 11.2 Å². The van der Waals surface area contributed by atoms with Crippen LogP contribution in [0.1, 0.15) is 16.2 Å². The van der Waals surface area contributed by atoms with Crippen LogP contribution in [0, 0.1) is 6.92 Å². The van der Waals surface area contributed by atoms with Crippen molar-refractivity contribution in [1.82, 2.24) is 14.7 Å². The molecule has 0 atom stereocenters. The van der Waals surface area contributed by atoms with Gasteiger partial charge in [-0.3, -0.25) is 14.4 Å². The van der Waals surface area contributed by atoms with Crippen molar-refractivity contribution in [2.24, 2.45) is 5.73 Å². The van der Waals surface area contributed by atoms with Gasteiger partial charge in [-0.25, -0.2) is 4.68 Å². The number of rotatable bonds is 4. The lowest BCUT2D eigenvalue weighted by Gasteiger charge is -2.16. The Morgan fingerprint density at radius 3 is 2.50 bits per heavy atom. The van der Waals surface area contributed by atoms with Crippen molar-refractivity contribution >= 4 is 11.8 Å². The lowest BCUT2D eigenvalue weighted by molar-refractivity contribution is -0.118. The number of aromatic nitrogens is 2. The van der Waals surface area contributed by atoms with E-state index in [1.165, 1.54) is 17.8 Å². The van der Waals surface area contributed by atoms with Crippen molar-refractivity contribution in [1.29, 1.82) is 0 Å². The highest BCUT2D eigenvalue weighted by molar-refractivity contribution is 5.94. The van der Waals surface area contributed by atoms with E-state index in [2.05, 4.69) is 5.10 Å². The minimum absolute atomic E-state index is 0.252. The van der Waals surface area contributed by atoms with E-state index in [9.17, 15) is 14.4 Å². The van der Waals surface area contributed by atoms with Gasteiger partial charge in [0.25, 0.3) is 5.91 Å². The number of likely N-dealkylation sites (N-methyl/N-ethyl adjacent to an activating group) is 1. The van der Waals surface area contributed by atoms with Gasteiger partial charge in [-0.1, -0.05) is 18.2 Å². The third kappa shape index (κ3) is 3.20. The van der Waals surface area contributed by atoms with Crippen molar-refractivity contribution in [2.45, 2.75) is 6.92 Å². The van der Waals surface area contributed by atoms with Gasteiger partial charge in [0.05, 0.1) is 12.2 Å². The third-order valence-corrected chi connectivity index (χ3v) is 3.05. The predicted molar refractivity (Wildman–Crippen MR) is 80.7 cm³/mol. The fraction of sp³-hybridized carbons (Fsp3) is 0.200. The second kappa shape index (κ2) is 6.21. The second-order valence-corrected chi connectivity index (χ2v) is 4.87. The zero-order valence-electron chi connectivity index (χ0n) is 12.3. The average molecular weight is 300 g/mol. The molecular formula is C15H16N4O3. The fourth-order valence-corrected chi connectivity index (χ4v) is 2.01. The molecule has 22 heavy (non-hydrogen) atoms. The molecule has 2 amide bonds. The van der Waals surface area contributed by atoms with Crippen LogP contribution in [0.25, 0.3) is 5.69 Å². The molecule has 2 N–H and O–H groups in total. The van der Waals surface area contributed by atoms with E-state index in [1.54, 1.807) is 6.92 Å². The van der Waals surface area contributed by atoms with Crippen LogP contribution in [0.3, 0.4) is 0 Å². The summed E-state index contributed by atoms with van der Waals surface area (Å²) in [5, 5.41) is 4.13. The minimum atomic E-state index is -0.661. The van der Waals surface area contributed by atoms with Gasteiger partial charge in [0, 0.05) is 18.8 Å². The topological polar surface area (TPSA) is 98.3 Å². The fourth-order valence-electron chi connectivity index (χ4n) is 2.01. The van der Waals surface area contributed by atoms with E-state index in [-0.39, 0.29) is 12.2 Å². The molecule has 1 aromatic heterocycles. The number of hydrogen-bond donors (Lipinski definition) is 1. The standard InChI is InChI=1S/C15H16N4O3/c1-10-8-12(20)14(15(22)18(2)9-13(16)21)17-19(10)11-6-4-3-5-7-11/h3-8H,9H2,1-2H3,(H2,16,21). The number of para-hydroxylation sites is 1. The molecule has 0 radical (unpaired) electrons. The number of amides is 2. The summed E-state index contributed by atoms with van der Waals surface area (Å²) in [6, 6.07) is 10.5. The van der Waals surface area contributed by atoms with Crippen LogP contribution in [0.2, 0.25) is 0 Å². The van der Waals surface area contributed by atoms with Gasteiger partial charge in [0.15, 0.2) is 5.69 Å². The van der Waals surface area contributed by atoms with Crippen LogP contribution in [-0.4, -0.2) is 40.1 Å². The third-order valence-electron chi connectivity index (χ3n) is 3.05. The number of nitrogens with zero attached hydrogens (tertiary/aromatic N) is 3. The Bertz CT molecular complexity index is 768. The molecule has 0 spiro atoms. The maximum atomic E-state index is 12.2. The molecule has 0 aliphatic heterocycles. The van der Waals surface area contributed by atoms with Crippen LogP contribution in [0.5, 0.6) is 0 Å². The summed E-state index contributed by atoms with van der Waals surface area (Å²) in [5.41, 5.74) is 5.64. The number of benzene rings is 1. The average Bonchev–Trinajstić information content (AvgIpc) is 2.47. The number of carbonyl (C=O) groups is 2. The van der Waals surface area contributed by atoms with Gasteiger partial charge >= 0.3 is 0 Å². The summed E-state index contributed by atoms with van der Waals surface area (Å²) in [7, 11) is 1.39. The van der Waals surface area contributed by atoms with Crippen molar-refractivity contribution in [3.05, 3.63) is 58.0 Å². The van der Waals surface area contributed by atoms with E-state index < -0.39 is 17.2 Å². The van der Waals surface area contributed by atoms with Crippen molar-refractivity contribution in [3.8, 4) is 5.69 Å². The first-order valence-electron chi connectivity index (χ1n) is 6.60. The molecule has 7 heteroatoms. The molecule has 2 aromatic rings. The van der Waals surface area contributed by atoms with Gasteiger partial charge in [0.2, 0.25) is 11.3 Å². The van der Waals surface area contributed by atoms with E-state index in [0.717, 1.165) is 10.6 Å². The van der Waals surface area contributed by atoms with Gasteiger partial charge in [-0.15, -0.1) is 0 Å². The van der Waals surface area contributed by atoms with Crippen molar-refractivity contribution < 1.29 is 9.59 Å². The number of aryl methyl sites for hydroxylation is 1. The molecule has 1 heterocycles. The molecule has 114 valence electrons. The first-order chi connectivity index (χ1) is 10.4. The highest BCUT2D eigenvalue weighted by atomic mass is 16.2. The molecule has 0 unspecified atom stereocenters. The van der Waals surface area contributed by atoms with E-state index in [0.29, 0.717) is 5.69 Å². The number of primary amides is 1. The summed E-state index contributed by atoms with van der Waals surface area (Å²) in [6.45, 7) is 1.45. The van der Waals surface area contributed by atoms with Gasteiger partial charge in [-0.2, -0.15) is 5.10 Å². The predicted octanol–water partition coefficient (Wildman–Crippen LogP) is 0.0982. The summed E-state index contributed by atoms with van der Waals surface area (Å²) < 4.78 is 1.51. The molecule has 0 aliphatic rings. The van der Waals surface area contributed by atoms with Gasteiger partial charge in [0.1, 0.15) is 0 Å². The molecule has 0 saturated heterocycles. The molecule has 0 fully saturated rings. The molecular weight excluding hydrogens is 284 g/mol. The van der Waals surface area contributed by atoms with E-state index in [4.69, 9.17) is 5.73 Å². The molecule has 2 rings (SSSR count). The minimum Gasteiger partial charge on any atom is -0.368 e. The molecule has 1 aromatic carbocycles. The smallest absolute Gasteiger partial charge is 0.278 e. The van der Waals surface area contributed by atoms with Crippen LogP contribution in [-0.2, 0) is 4.79 Å². The summed E-state index contributed by atoms with van der Waals surface area (Å²) in [5.74, 6) is -1.31. The van der Waals surface area contributed by atoms with Crippen LogP contribution >= 0.6 is 0 Å². The largest absolute Gasteiger partial charge is 0.368 e. The summed E-state index contributed by atoms with van der Waals surface area (Å²) >= 11 is 0. The highest BCUT2D eigenvalue weighted by Crippen LogP contribution is 2.08. The monoisotopic (exact) mass is 300 g/mol. The maximum Gasteiger partial charge on any atom is 0.278 e. The highest BCUT2D eigenvalue weighted by Gasteiger charge is 2.20. The molecule has 0 aliphatic carbocycles. The maximum absolute atomic E-state index is 12.2. The molecule has 0 saturated carbocycles. The van der Waals surface area contributed by atoms with Crippen molar-refractivity contribution in [3.63, 3.8) is 0 Å². The Morgan fingerprint density at radius 2 is 1.91 bits per heavy atom. The summed E-state index contributed by atoms with van der Waals surface area (Å²) in [4.78, 5) is 36.2. The lowest BCUT2D eigenvalue weighted by atomic mass is 10.2. The summed E-state index contributed by atoms with van der Waals surface area (Å²) in [6.07, 6.45) is 0. The van der Waals surface area contributed by atoms with Gasteiger partial charge < -0.3 is 10.6 Å². The Kier molecular flexibility index (Phi) is 4.36. The Balaban J connectivity index is 2.47. The Labute approximate surface area is 127 Å². The Morgan fingerprint density at radius 1 is 1.27 bits per heavy atom. The van der Waals surface area contributed by atoms with E-state index >= 15 is 0 Å². The van der Waals surface area contributed by atoms with Gasteiger partial charge in [-0.05, 0) is 19.1 Å². The van der Waals surface area contributed by atoms with Crippen LogP contribution in [0.15, 0.2) is 41.2 Å².